The van der Waals surface area contributed by atoms with E-state index in [1.54, 1.807) is 0 Å². The molecule has 1 atom stereocenters. The zero-order valence-corrected chi connectivity index (χ0v) is 9.78. The zero-order valence-electron chi connectivity index (χ0n) is 6.80. The molecule has 1 heterocycles. The Hall–Kier alpha value is 0.1000. The van der Waals surface area contributed by atoms with Gasteiger partial charge in [0, 0.05) is 25.9 Å². The van der Waals surface area contributed by atoms with E-state index in [1.807, 2.05) is 11.8 Å². The van der Waals surface area contributed by atoms with Crippen LogP contribution in [-0.2, 0) is 0 Å². The number of anilines is 1. The Bertz CT molecular complexity index is 301. The highest BCUT2D eigenvalue weighted by molar-refractivity contribution is 14.1. The Kier molecular flexibility index (Phi) is 2.50. The molecule has 1 aliphatic rings. The molecule has 1 unspecified atom stereocenters. The number of rotatable bonds is 0. The van der Waals surface area contributed by atoms with Gasteiger partial charge >= 0.3 is 0 Å². The first-order valence-electron chi connectivity index (χ1n) is 3.96. The normalized spacial score (nSPS) is 21.3. The van der Waals surface area contributed by atoms with E-state index in [2.05, 4.69) is 53.0 Å². The van der Waals surface area contributed by atoms with Crippen molar-refractivity contribution in [1.29, 1.82) is 0 Å². The van der Waals surface area contributed by atoms with Crippen molar-refractivity contribution in [2.24, 2.45) is 0 Å². The van der Waals surface area contributed by atoms with Crippen molar-refractivity contribution in [2.75, 3.05) is 11.9 Å². The van der Waals surface area contributed by atoms with Crippen LogP contribution in [0.5, 0.6) is 0 Å². The summed E-state index contributed by atoms with van der Waals surface area (Å²) in [5.41, 5.74) is 1.30. The highest BCUT2D eigenvalue weighted by Gasteiger charge is 2.14. The molecule has 0 aliphatic carbocycles. The van der Waals surface area contributed by atoms with Crippen LogP contribution in [0.15, 0.2) is 23.1 Å². The second-order valence-corrected chi connectivity index (χ2v) is 5.68. The van der Waals surface area contributed by atoms with Crippen LogP contribution in [-0.4, -0.2) is 11.8 Å². The number of hydrogen-bond donors (Lipinski definition) is 1. The quantitative estimate of drug-likeness (QED) is 0.737. The molecule has 1 aromatic carbocycles. The lowest BCUT2D eigenvalue weighted by Crippen LogP contribution is -2.18. The molecule has 12 heavy (non-hydrogen) atoms. The summed E-state index contributed by atoms with van der Waals surface area (Å²) in [5.74, 6) is 0. The smallest absolute Gasteiger partial charge is 0.0489 e. The number of nitrogens with one attached hydrogen (secondary N) is 1. The van der Waals surface area contributed by atoms with E-state index < -0.39 is 0 Å². The first-order valence-corrected chi connectivity index (χ1v) is 5.91. The van der Waals surface area contributed by atoms with Gasteiger partial charge in [-0.1, -0.05) is 6.92 Å². The van der Waals surface area contributed by atoms with Crippen LogP contribution in [0.25, 0.3) is 0 Å². The highest BCUT2D eigenvalue weighted by Crippen LogP contribution is 2.35. The standard InChI is InChI=1S/C9H10INS/c1-6-5-11-8-4-7(10)2-3-9(8)12-6/h2-4,6,11H,5H2,1H3. The number of benzene rings is 1. The van der Waals surface area contributed by atoms with Gasteiger partial charge in [0.25, 0.3) is 0 Å². The predicted molar refractivity (Wildman–Crippen MR) is 63.0 cm³/mol. The summed E-state index contributed by atoms with van der Waals surface area (Å²) in [6.45, 7) is 3.33. The molecule has 2 rings (SSSR count). The summed E-state index contributed by atoms with van der Waals surface area (Å²) >= 11 is 4.30. The van der Waals surface area contributed by atoms with Gasteiger partial charge in [-0.15, -0.1) is 11.8 Å². The minimum Gasteiger partial charge on any atom is -0.383 e. The van der Waals surface area contributed by atoms with E-state index >= 15 is 0 Å². The average Bonchev–Trinajstić information content (AvgIpc) is 2.05. The molecule has 1 nitrogen and oxygen atoms in total. The van der Waals surface area contributed by atoms with Crippen LogP contribution < -0.4 is 5.32 Å². The molecule has 1 aliphatic heterocycles. The third-order valence-electron chi connectivity index (χ3n) is 1.85. The van der Waals surface area contributed by atoms with Gasteiger partial charge in [-0.25, -0.2) is 0 Å². The summed E-state index contributed by atoms with van der Waals surface area (Å²) in [6, 6.07) is 6.56. The molecule has 0 amide bonds. The maximum absolute atomic E-state index is 3.43. The number of hydrogen-bond acceptors (Lipinski definition) is 2. The second kappa shape index (κ2) is 3.46. The molecule has 0 fully saturated rings. The van der Waals surface area contributed by atoms with Crippen LogP contribution in [0, 0.1) is 3.57 Å². The summed E-state index contributed by atoms with van der Waals surface area (Å²) in [6.07, 6.45) is 0. The van der Waals surface area contributed by atoms with Gasteiger partial charge in [0.05, 0.1) is 0 Å². The summed E-state index contributed by atoms with van der Waals surface area (Å²) < 4.78 is 1.30. The van der Waals surface area contributed by atoms with E-state index in [0.29, 0.717) is 5.25 Å². The van der Waals surface area contributed by atoms with Crippen LogP contribution >= 0.6 is 34.4 Å². The molecule has 0 radical (unpaired) electrons. The van der Waals surface area contributed by atoms with Gasteiger partial charge in [-0.2, -0.15) is 0 Å². The molecule has 64 valence electrons. The molecule has 1 aromatic rings. The third kappa shape index (κ3) is 1.71. The van der Waals surface area contributed by atoms with Crippen molar-refractivity contribution in [3.8, 4) is 0 Å². The summed E-state index contributed by atoms with van der Waals surface area (Å²) in [4.78, 5) is 1.38. The van der Waals surface area contributed by atoms with Crippen molar-refractivity contribution in [3.63, 3.8) is 0 Å². The molecule has 0 saturated carbocycles. The number of halogens is 1. The second-order valence-electron chi connectivity index (χ2n) is 2.95. The van der Waals surface area contributed by atoms with Crippen LogP contribution in [0.4, 0.5) is 5.69 Å². The lowest BCUT2D eigenvalue weighted by atomic mass is 10.3. The van der Waals surface area contributed by atoms with E-state index in [4.69, 9.17) is 0 Å². The molecular weight excluding hydrogens is 281 g/mol. The molecule has 0 spiro atoms. The topological polar surface area (TPSA) is 12.0 Å². The molecule has 0 aromatic heterocycles. The van der Waals surface area contributed by atoms with E-state index in [0.717, 1.165) is 6.54 Å². The van der Waals surface area contributed by atoms with Crippen molar-refractivity contribution in [2.45, 2.75) is 17.1 Å². The number of fused-ring (bicyclic) bond motifs is 1. The summed E-state index contributed by atoms with van der Waals surface area (Å²) in [7, 11) is 0. The molecule has 0 saturated heterocycles. The fourth-order valence-corrected chi connectivity index (χ4v) is 2.75. The molecule has 3 heteroatoms. The Morgan fingerprint density at radius 2 is 2.42 bits per heavy atom. The van der Waals surface area contributed by atoms with Crippen LogP contribution in [0.3, 0.4) is 0 Å². The molecule has 0 bridgehead atoms. The zero-order chi connectivity index (χ0) is 8.55. The maximum atomic E-state index is 3.43. The van der Waals surface area contributed by atoms with E-state index in [9.17, 15) is 0 Å². The van der Waals surface area contributed by atoms with Crippen LogP contribution in [0.2, 0.25) is 0 Å². The molecule has 1 N–H and O–H groups in total. The van der Waals surface area contributed by atoms with Crippen LogP contribution in [0.1, 0.15) is 6.92 Å². The lowest BCUT2D eigenvalue weighted by molar-refractivity contribution is 0.974. The van der Waals surface area contributed by atoms with Gasteiger partial charge in [-0.05, 0) is 40.8 Å². The Labute approximate surface area is 90.5 Å². The van der Waals surface area contributed by atoms with Crippen molar-refractivity contribution in [3.05, 3.63) is 21.8 Å². The number of thioether (sulfide) groups is 1. The van der Waals surface area contributed by atoms with Gasteiger partial charge in [0.2, 0.25) is 0 Å². The predicted octanol–water partition coefficient (Wildman–Crippen LogP) is 3.20. The first-order chi connectivity index (χ1) is 5.75. The van der Waals surface area contributed by atoms with Gasteiger partial charge in [0.15, 0.2) is 0 Å². The molecular formula is C9H10INS. The summed E-state index contributed by atoms with van der Waals surface area (Å²) in [5, 5.41) is 4.12. The van der Waals surface area contributed by atoms with Gasteiger partial charge < -0.3 is 5.32 Å². The Morgan fingerprint density at radius 1 is 1.58 bits per heavy atom. The fraction of sp³-hybridized carbons (Fsp3) is 0.333. The van der Waals surface area contributed by atoms with E-state index in [1.165, 1.54) is 14.2 Å². The third-order valence-corrected chi connectivity index (χ3v) is 3.70. The van der Waals surface area contributed by atoms with Crippen molar-refractivity contribution >= 4 is 40.0 Å². The van der Waals surface area contributed by atoms with Crippen molar-refractivity contribution in [1.82, 2.24) is 0 Å². The largest absolute Gasteiger partial charge is 0.383 e. The Morgan fingerprint density at radius 3 is 3.25 bits per heavy atom. The van der Waals surface area contributed by atoms with Gasteiger partial charge in [0.1, 0.15) is 0 Å². The van der Waals surface area contributed by atoms with Gasteiger partial charge in [-0.3, -0.25) is 0 Å². The Balaban J connectivity index is 2.37. The average molecular weight is 291 g/mol. The first kappa shape index (κ1) is 8.69. The minimum absolute atomic E-state index is 0.692. The van der Waals surface area contributed by atoms with E-state index in [-0.39, 0.29) is 0 Å². The fourth-order valence-electron chi connectivity index (χ4n) is 1.26. The minimum atomic E-state index is 0.692. The maximum Gasteiger partial charge on any atom is 0.0489 e. The van der Waals surface area contributed by atoms with Crippen molar-refractivity contribution < 1.29 is 0 Å². The lowest BCUT2D eigenvalue weighted by Gasteiger charge is -2.22. The SMILES string of the molecule is CC1CNc2cc(I)ccc2S1. The monoisotopic (exact) mass is 291 g/mol. The highest BCUT2D eigenvalue weighted by atomic mass is 127.